The van der Waals surface area contributed by atoms with Gasteiger partial charge < -0.3 is 14.4 Å². The van der Waals surface area contributed by atoms with Gasteiger partial charge in [-0.1, -0.05) is 36.4 Å². The Hall–Kier alpha value is -3.67. The fourth-order valence-electron chi connectivity index (χ4n) is 5.58. The average molecular weight is 502 g/mol. The van der Waals surface area contributed by atoms with E-state index in [9.17, 15) is 14.0 Å². The van der Waals surface area contributed by atoms with Crippen molar-refractivity contribution in [1.82, 2.24) is 4.90 Å². The number of fused-ring (bicyclic) bond motifs is 1. The molecule has 1 fully saturated rings. The second kappa shape index (κ2) is 10.4. The highest BCUT2D eigenvalue weighted by Crippen LogP contribution is 2.50. The Kier molecular flexibility index (Phi) is 7.00. The molecule has 2 unspecified atom stereocenters. The van der Waals surface area contributed by atoms with Crippen LogP contribution in [-0.4, -0.2) is 37.0 Å². The van der Waals surface area contributed by atoms with Crippen molar-refractivity contribution in [1.29, 1.82) is 0 Å². The van der Waals surface area contributed by atoms with E-state index >= 15 is 0 Å². The van der Waals surface area contributed by atoms with Gasteiger partial charge in [-0.3, -0.25) is 9.59 Å². The molecule has 6 heteroatoms. The molecule has 0 N–H and O–H groups in total. The van der Waals surface area contributed by atoms with E-state index < -0.39 is 0 Å². The Morgan fingerprint density at radius 1 is 1.05 bits per heavy atom. The molecule has 0 bridgehead atoms. The zero-order chi connectivity index (χ0) is 26.1. The van der Waals surface area contributed by atoms with Crippen molar-refractivity contribution in [3.8, 4) is 16.9 Å². The summed E-state index contributed by atoms with van der Waals surface area (Å²) in [5.74, 6) is 0.438. The van der Waals surface area contributed by atoms with Crippen LogP contribution in [0.4, 0.5) is 4.39 Å². The van der Waals surface area contributed by atoms with Crippen LogP contribution < -0.4 is 4.74 Å². The number of halogens is 1. The van der Waals surface area contributed by atoms with Gasteiger partial charge in [-0.2, -0.15) is 0 Å². The molecule has 192 valence electrons. The number of hydrogen-bond donors (Lipinski definition) is 0. The summed E-state index contributed by atoms with van der Waals surface area (Å²) < 4.78 is 25.7. The van der Waals surface area contributed by atoms with Gasteiger partial charge >= 0.3 is 5.97 Å². The van der Waals surface area contributed by atoms with E-state index in [1.54, 1.807) is 20.1 Å². The van der Waals surface area contributed by atoms with E-state index in [1.807, 2.05) is 35.2 Å². The summed E-state index contributed by atoms with van der Waals surface area (Å²) in [5.41, 5.74) is 6.29. The third-order valence-corrected chi connectivity index (χ3v) is 7.57. The Morgan fingerprint density at radius 2 is 1.86 bits per heavy atom. The molecule has 1 saturated carbocycles. The number of carbonyl (C=O) groups excluding carboxylic acids is 2. The van der Waals surface area contributed by atoms with E-state index in [-0.39, 0.29) is 36.0 Å². The number of esters is 1. The first-order valence-electron chi connectivity index (χ1n) is 12.9. The van der Waals surface area contributed by atoms with Gasteiger partial charge in [-0.15, -0.1) is 0 Å². The summed E-state index contributed by atoms with van der Waals surface area (Å²) >= 11 is 0. The predicted molar refractivity (Wildman–Crippen MR) is 140 cm³/mol. The minimum absolute atomic E-state index is 0.0258. The average Bonchev–Trinajstić information content (AvgIpc) is 3.69. The quantitative estimate of drug-likeness (QED) is 0.395. The minimum atomic E-state index is -0.302. The van der Waals surface area contributed by atoms with E-state index in [0.29, 0.717) is 37.4 Å². The van der Waals surface area contributed by atoms with Gasteiger partial charge in [0.05, 0.1) is 20.1 Å². The van der Waals surface area contributed by atoms with Gasteiger partial charge in [0, 0.05) is 24.6 Å². The summed E-state index contributed by atoms with van der Waals surface area (Å²) in [4.78, 5) is 27.5. The lowest BCUT2D eigenvalue weighted by Crippen LogP contribution is -2.37. The fourth-order valence-corrected chi connectivity index (χ4v) is 5.58. The van der Waals surface area contributed by atoms with Crippen LogP contribution in [0, 0.1) is 18.7 Å². The number of benzene rings is 3. The molecule has 1 aliphatic heterocycles. The molecule has 5 nitrogen and oxygen atoms in total. The lowest BCUT2D eigenvalue weighted by atomic mass is 9.89. The topological polar surface area (TPSA) is 55.8 Å². The third-order valence-electron chi connectivity index (χ3n) is 7.57. The maximum Gasteiger partial charge on any atom is 0.310 e. The standard InChI is InChI=1S/C31H32FNO4/c1-4-37-30(34)16-20-9-12-29(36-3)25(15-20)22-10-11-28(32)23-13-14-33(18-27(22)23)31(35)26-17-24(26)21-8-6-5-7-19(21)2/h5-12,15,24,26H,4,13-14,16-18H2,1-3H3. The Balaban J connectivity index is 1.44. The van der Waals surface area contributed by atoms with E-state index in [4.69, 9.17) is 9.47 Å². The molecule has 3 aromatic carbocycles. The molecule has 2 aliphatic rings. The number of carbonyl (C=O) groups is 2. The molecule has 2 atom stereocenters. The molecule has 0 aromatic heterocycles. The fraction of sp³-hybridized carbons (Fsp3) is 0.355. The lowest BCUT2D eigenvalue weighted by molar-refractivity contribution is -0.142. The number of nitrogens with zero attached hydrogens (tertiary/aromatic N) is 1. The monoisotopic (exact) mass is 501 g/mol. The number of rotatable bonds is 7. The zero-order valence-electron chi connectivity index (χ0n) is 21.6. The second-order valence-corrected chi connectivity index (χ2v) is 9.88. The number of hydrogen-bond acceptors (Lipinski definition) is 4. The van der Waals surface area contributed by atoms with Gasteiger partial charge in [-0.05, 0) is 84.2 Å². The van der Waals surface area contributed by atoms with Crippen molar-refractivity contribution in [3.63, 3.8) is 0 Å². The number of aryl methyl sites for hydroxylation is 1. The molecule has 1 aliphatic carbocycles. The lowest BCUT2D eigenvalue weighted by Gasteiger charge is -2.31. The molecular weight excluding hydrogens is 469 g/mol. The molecule has 3 aromatic rings. The van der Waals surface area contributed by atoms with Gasteiger partial charge in [0.15, 0.2) is 0 Å². The summed E-state index contributed by atoms with van der Waals surface area (Å²) in [6.07, 6.45) is 1.46. The van der Waals surface area contributed by atoms with Crippen LogP contribution in [0.2, 0.25) is 0 Å². The van der Waals surface area contributed by atoms with Gasteiger partial charge in [0.2, 0.25) is 5.91 Å². The highest BCUT2D eigenvalue weighted by atomic mass is 19.1. The normalized spacial score (nSPS) is 18.2. The van der Waals surface area contributed by atoms with Crippen LogP contribution in [-0.2, 0) is 33.7 Å². The minimum Gasteiger partial charge on any atom is -0.496 e. The third kappa shape index (κ3) is 4.97. The Labute approximate surface area is 217 Å². The van der Waals surface area contributed by atoms with E-state index in [1.165, 1.54) is 17.2 Å². The molecule has 37 heavy (non-hydrogen) atoms. The van der Waals surface area contributed by atoms with Gasteiger partial charge in [0.25, 0.3) is 0 Å². The van der Waals surface area contributed by atoms with Crippen molar-refractivity contribution in [2.24, 2.45) is 5.92 Å². The first kappa shape index (κ1) is 25.0. The summed E-state index contributed by atoms with van der Waals surface area (Å²) in [7, 11) is 1.59. The van der Waals surface area contributed by atoms with Crippen molar-refractivity contribution < 1.29 is 23.5 Å². The van der Waals surface area contributed by atoms with Crippen molar-refractivity contribution in [2.75, 3.05) is 20.3 Å². The van der Waals surface area contributed by atoms with E-state index in [0.717, 1.165) is 28.7 Å². The Morgan fingerprint density at radius 3 is 2.62 bits per heavy atom. The summed E-state index contributed by atoms with van der Waals surface area (Å²) in [6, 6.07) is 17.0. The molecule has 0 saturated heterocycles. The SMILES string of the molecule is CCOC(=O)Cc1ccc(OC)c(-c2ccc(F)c3c2CN(C(=O)C2CC2c2ccccc2C)CC3)c1. The highest BCUT2D eigenvalue weighted by molar-refractivity contribution is 5.84. The van der Waals surface area contributed by atoms with Crippen LogP contribution in [0.15, 0.2) is 54.6 Å². The molecule has 0 radical (unpaired) electrons. The Bertz CT molecular complexity index is 1350. The number of amides is 1. The van der Waals surface area contributed by atoms with E-state index in [2.05, 4.69) is 19.1 Å². The largest absolute Gasteiger partial charge is 0.496 e. The molecular formula is C31H32FNO4. The summed E-state index contributed by atoms with van der Waals surface area (Å²) in [6.45, 7) is 5.04. The number of methoxy groups -OCH3 is 1. The first-order valence-corrected chi connectivity index (χ1v) is 12.9. The van der Waals surface area contributed by atoms with Crippen LogP contribution in [0.3, 0.4) is 0 Å². The van der Waals surface area contributed by atoms with Crippen LogP contribution >= 0.6 is 0 Å². The predicted octanol–water partition coefficient (Wildman–Crippen LogP) is 5.60. The van der Waals surface area contributed by atoms with Crippen LogP contribution in [0.25, 0.3) is 11.1 Å². The molecule has 0 spiro atoms. The molecule has 1 heterocycles. The second-order valence-electron chi connectivity index (χ2n) is 9.88. The van der Waals surface area contributed by atoms with Crippen molar-refractivity contribution >= 4 is 11.9 Å². The van der Waals surface area contributed by atoms with Gasteiger partial charge in [-0.25, -0.2) is 4.39 Å². The zero-order valence-corrected chi connectivity index (χ0v) is 21.6. The van der Waals surface area contributed by atoms with Crippen molar-refractivity contribution in [2.45, 2.75) is 45.6 Å². The van der Waals surface area contributed by atoms with Crippen LogP contribution in [0.1, 0.15) is 47.1 Å². The summed E-state index contributed by atoms with van der Waals surface area (Å²) in [5, 5.41) is 0. The maximum absolute atomic E-state index is 14.9. The maximum atomic E-state index is 14.9. The van der Waals surface area contributed by atoms with Crippen molar-refractivity contribution in [3.05, 3.63) is 88.2 Å². The highest BCUT2D eigenvalue weighted by Gasteiger charge is 2.46. The first-order chi connectivity index (χ1) is 17.9. The molecule has 1 amide bonds. The van der Waals surface area contributed by atoms with Crippen LogP contribution in [0.5, 0.6) is 5.75 Å². The number of ether oxygens (including phenoxy) is 2. The van der Waals surface area contributed by atoms with Gasteiger partial charge in [0.1, 0.15) is 11.6 Å². The molecule has 5 rings (SSSR count). The smallest absolute Gasteiger partial charge is 0.310 e.